The highest BCUT2D eigenvalue weighted by Crippen LogP contribution is 2.44. The van der Waals surface area contributed by atoms with Crippen LogP contribution >= 0.6 is 0 Å². The summed E-state index contributed by atoms with van der Waals surface area (Å²) in [6.07, 6.45) is 5.62. The maximum absolute atomic E-state index is 9.80. The lowest BCUT2D eigenvalue weighted by atomic mass is 9.95. The maximum Gasteiger partial charge on any atom is 0.120 e. The summed E-state index contributed by atoms with van der Waals surface area (Å²) in [7, 11) is 0. The Bertz CT molecular complexity index is 415. The van der Waals surface area contributed by atoms with Crippen molar-refractivity contribution in [3.05, 3.63) is 29.3 Å². The SMILES string of the molecule is Cc1ccc(O)c(CNC2CC3CCC2C3)c1. The fraction of sp³-hybridized carbons (Fsp3) is 0.600. The van der Waals surface area contributed by atoms with E-state index in [0.717, 1.165) is 23.9 Å². The molecule has 1 aromatic rings. The minimum atomic E-state index is 0.422. The molecule has 1 aromatic carbocycles. The first-order valence-corrected chi connectivity index (χ1v) is 6.74. The van der Waals surface area contributed by atoms with Gasteiger partial charge in [-0.15, -0.1) is 0 Å². The lowest BCUT2D eigenvalue weighted by Crippen LogP contribution is -2.33. The largest absolute Gasteiger partial charge is 0.508 e. The summed E-state index contributed by atoms with van der Waals surface area (Å²) in [6, 6.07) is 6.52. The molecule has 2 nitrogen and oxygen atoms in total. The van der Waals surface area contributed by atoms with Crippen molar-refractivity contribution in [2.45, 2.75) is 45.2 Å². The highest BCUT2D eigenvalue weighted by Gasteiger charge is 2.38. The summed E-state index contributed by atoms with van der Waals surface area (Å²) < 4.78 is 0. The molecule has 0 spiro atoms. The molecule has 2 fully saturated rings. The number of aryl methyl sites for hydroxylation is 1. The quantitative estimate of drug-likeness (QED) is 0.838. The van der Waals surface area contributed by atoms with Crippen LogP contribution in [0.4, 0.5) is 0 Å². The number of benzene rings is 1. The number of hydrogen-bond acceptors (Lipinski definition) is 2. The van der Waals surface area contributed by atoms with E-state index in [-0.39, 0.29) is 0 Å². The summed E-state index contributed by atoms with van der Waals surface area (Å²) >= 11 is 0. The second-order valence-electron chi connectivity index (χ2n) is 5.79. The van der Waals surface area contributed by atoms with Crippen LogP contribution in [0.2, 0.25) is 0 Å². The second kappa shape index (κ2) is 4.34. The summed E-state index contributed by atoms with van der Waals surface area (Å²) in [6.45, 7) is 2.88. The van der Waals surface area contributed by atoms with E-state index in [1.807, 2.05) is 6.07 Å². The van der Waals surface area contributed by atoms with Crippen molar-refractivity contribution in [2.24, 2.45) is 11.8 Å². The minimum absolute atomic E-state index is 0.422. The van der Waals surface area contributed by atoms with Crippen LogP contribution in [0.25, 0.3) is 0 Å². The first-order valence-electron chi connectivity index (χ1n) is 6.74. The molecule has 2 saturated carbocycles. The number of fused-ring (bicyclic) bond motifs is 2. The van der Waals surface area contributed by atoms with Crippen molar-refractivity contribution in [1.82, 2.24) is 5.32 Å². The minimum Gasteiger partial charge on any atom is -0.508 e. The average molecular weight is 231 g/mol. The molecule has 0 radical (unpaired) electrons. The van der Waals surface area contributed by atoms with Gasteiger partial charge in [0.15, 0.2) is 0 Å². The van der Waals surface area contributed by atoms with Gasteiger partial charge in [-0.25, -0.2) is 0 Å². The molecule has 0 aromatic heterocycles. The highest BCUT2D eigenvalue weighted by molar-refractivity contribution is 5.35. The molecule has 2 N–H and O–H groups in total. The average Bonchev–Trinajstić information content (AvgIpc) is 2.92. The number of nitrogens with one attached hydrogen (secondary N) is 1. The number of aromatic hydroxyl groups is 1. The van der Waals surface area contributed by atoms with Crippen molar-refractivity contribution in [3.8, 4) is 5.75 Å². The van der Waals surface area contributed by atoms with Crippen LogP contribution in [0.1, 0.15) is 36.8 Å². The number of phenolic OH excluding ortho intramolecular Hbond substituents is 1. The third kappa shape index (κ3) is 2.19. The molecule has 92 valence electrons. The van der Waals surface area contributed by atoms with E-state index in [4.69, 9.17) is 0 Å². The fourth-order valence-electron chi connectivity index (χ4n) is 3.59. The monoisotopic (exact) mass is 231 g/mol. The van der Waals surface area contributed by atoms with E-state index >= 15 is 0 Å². The van der Waals surface area contributed by atoms with Gasteiger partial charge in [-0.1, -0.05) is 24.1 Å². The highest BCUT2D eigenvalue weighted by atomic mass is 16.3. The van der Waals surface area contributed by atoms with E-state index < -0.39 is 0 Å². The molecule has 3 unspecified atom stereocenters. The van der Waals surface area contributed by atoms with Crippen molar-refractivity contribution >= 4 is 0 Å². The Hall–Kier alpha value is -1.02. The first kappa shape index (κ1) is 11.1. The smallest absolute Gasteiger partial charge is 0.120 e. The van der Waals surface area contributed by atoms with Gasteiger partial charge in [0.1, 0.15) is 5.75 Å². The number of rotatable bonds is 3. The van der Waals surface area contributed by atoms with E-state index in [9.17, 15) is 5.11 Å². The molecule has 0 aliphatic heterocycles. The van der Waals surface area contributed by atoms with E-state index in [0.29, 0.717) is 11.8 Å². The molecule has 0 amide bonds. The third-order valence-corrected chi connectivity index (χ3v) is 4.53. The molecule has 17 heavy (non-hydrogen) atoms. The van der Waals surface area contributed by atoms with Gasteiger partial charge in [0, 0.05) is 18.2 Å². The molecular weight excluding hydrogens is 210 g/mol. The van der Waals surface area contributed by atoms with Gasteiger partial charge in [0.05, 0.1) is 0 Å². The van der Waals surface area contributed by atoms with E-state index in [1.165, 1.54) is 31.2 Å². The van der Waals surface area contributed by atoms with E-state index in [2.05, 4.69) is 18.3 Å². The molecule has 2 bridgehead atoms. The Morgan fingerprint density at radius 3 is 2.88 bits per heavy atom. The Morgan fingerprint density at radius 1 is 1.29 bits per heavy atom. The first-order chi connectivity index (χ1) is 8.22. The van der Waals surface area contributed by atoms with Crippen molar-refractivity contribution < 1.29 is 5.11 Å². The van der Waals surface area contributed by atoms with Gasteiger partial charge in [-0.3, -0.25) is 0 Å². The third-order valence-electron chi connectivity index (χ3n) is 4.53. The molecule has 0 heterocycles. The van der Waals surface area contributed by atoms with Crippen LogP contribution in [0.3, 0.4) is 0 Å². The van der Waals surface area contributed by atoms with Gasteiger partial charge in [-0.2, -0.15) is 0 Å². The lowest BCUT2D eigenvalue weighted by Gasteiger charge is -2.23. The Balaban J connectivity index is 1.62. The second-order valence-corrected chi connectivity index (χ2v) is 5.79. The zero-order valence-corrected chi connectivity index (χ0v) is 10.4. The number of hydrogen-bond donors (Lipinski definition) is 2. The van der Waals surface area contributed by atoms with Gasteiger partial charge < -0.3 is 10.4 Å². The summed E-state index contributed by atoms with van der Waals surface area (Å²) in [4.78, 5) is 0. The molecule has 2 aliphatic rings. The van der Waals surface area contributed by atoms with Crippen LogP contribution in [0.15, 0.2) is 18.2 Å². The Labute approximate surface area is 103 Å². The molecule has 0 saturated heterocycles. The predicted octanol–water partition coefficient (Wildman–Crippen LogP) is 2.98. The van der Waals surface area contributed by atoms with Crippen molar-refractivity contribution in [2.75, 3.05) is 0 Å². The molecule has 2 heteroatoms. The summed E-state index contributed by atoms with van der Waals surface area (Å²) in [5.41, 5.74) is 2.25. The normalized spacial score (nSPS) is 31.0. The standard InChI is InChI=1S/C15H21NO/c1-10-2-5-15(17)13(6-10)9-16-14-8-11-3-4-12(14)7-11/h2,5-6,11-12,14,16-17H,3-4,7-9H2,1H3. The zero-order chi connectivity index (χ0) is 11.8. The molecule has 2 aliphatic carbocycles. The topological polar surface area (TPSA) is 32.3 Å². The maximum atomic E-state index is 9.80. The van der Waals surface area contributed by atoms with Crippen LogP contribution in [-0.2, 0) is 6.54 Å². The molecule has 3 atom stereocenters. The van der Waals surface area contributed by atoms with Crippen molar-refractivity contribution in [1.29, 1.82) is 0 Å². The van der Waals surface area contributed by atoms with Gasteiger partial charge >= 0.3 is 0 Å². The summed E-state index contributed by atoms with van der Waals surface area (Å²) in [5, 5.41) is 13.4. The van der Waals surface area contributed by atoms with Gasteiger partial charge in [0.2, 0.25) is 0 Å². The van der Waals surface area contributed by atoms with Crippen LogP contribution in [0, 0.1) is 18.8 Å². The van der Waals surface area contributed by atoms with Crippen LogP contribution < -0.4 is 5.32 Å². The Morgan fingerprint density at radius 2 is 2.18 bits per heavy atom. The summed E-state index contributed by atoms with van der Waals surface area (Å²) in [5.74, 6) is 2.29. The lowest BCUT2D eigenvalue weighted by molar-refractivity contribution is 0.348. The number of phenols is 1. The van der Waals surface area contributed by atoms with Crippen molar-refractivity contribution in [3.63, 3.8) is 0 Å². The van der Waals surface area contributed by atoms with Gasteiger partial charge in [0.25, 0.3) is 0 Å². The van der Waals surface area contributed by atoms with Crippen LogP contribution in [0.5, 0.6) is 5.75 Å². The molecule has 3 rings (SSSR count). The molecular formula is C15H21NO. The zero-order valence-electron chi connectivity index (χ0n) is 10.4. The predicted molar refractivity (Wildman–Crippen MR) is 68.9 cm³/mol. The van der Waals surface area contributed by atoms with Gasteiger partial charge in [-0.05, 0) is 44.1 Å². The van der Waals surface area contributed by atoms with Crippen LogP contribution in [-0.4, -0.2) is 11.1 Å². The Kier molecular flexibility index (Phi) is 2.83. The van der Waals surface area contributed by atoms with E-state index in [1.54, 1.807) is 6.07 Å². The fourth-order valence-corrected chi connectivity index (χ4v) is 3.59.